The van der Waals surface area contributed by atoms with Crippen LogP contribution < -0.4 is 10.7 Å². The number of non-ortho nitro benzene ring substituents is 1. The van der Waals surface area contributed by atoms with Crippen LogP contribution in [-0.4, -0.2) is 28.1 Å². The molecule has 0 heterocycles. The van der Waals surface area contributed by atoms with Crippen LogP contribution in [-0.2, 0) is 0 Å². The molecule has 9 nitrogen and oxygen atoms in total. The Kier molecular flexibility index (Phi) is 6.58. The molecule has 0 aliphatic heterocycles. The normalized spacial score (nSPS) is 10.6. The van der Waals surface area contributed by atoms with Crippen LogP contribution >= 0.6 is 11.6 Å². The first-order valence-electron chi connectivity index (χ1n) is 8.81. The van der Waals surface area contributed by atoms with Crippen molar-refractivity contribution in [3.63, 3.8) is 0 Å². The van der Waals surface area contributed by atoms with E-state index in [0.29, 0.717) is 16.3 Å². The third-order valence-corrected chi connectivity index (χ3v) is 4.32. The second-order valence-corrected chi connectivity index (χ2v) is 6.68. The number of benzene rings is 3. The number of rotatable bonds is 6. The summed E-state index contributed by atoms with van der Waals surface area (Å²) in [6.07, 6.45) is 1.25. The summed E-state index contributed by atoms with van der Waals surface area (Å²) in [5, 5.41) is 27.3. The number of hydrogen-bond acceptors (Lipinski definition) is 6. The van der Waals surface area contributed by atoms with E-state index in [9.17, 15) is 24.8 Å². The molecule has 10 heteroatoms. The largest absolute Gasteiger partial charge is 0.507 e. The summed E-state index contributed by atoms with van der Waals surface area (Å²) >= 11 is 5.85. The van der Waals surface area contributed by atoms with Gasteiger partial charge in [-0.2, -0.15) is 5.10 Å². The number of hydrazone groups is 1. The van der Waals surface area contributed by atoms with E-state index in [0.717, 1.165) is 0 Å². The van der Waals surface area contributed by atoms with Crippen LogP contribution in [0.4, 0.5) is 11.4 Å². The predicted molar refractivity (Wildman–Crippen MR) is 116 cm³/mol. The van der Waals surface area contributed by atoms with Crippen LogP contribution in [0.3, 0.4) is 0 Å². The first-order chi connectivity index (χ1) is 14.8. The molecular formula is C21H15ClN4O5. The predicted octanol–water partition coefficient (Wildman–Crippen LogP) is 3.97. The quantitative estimate of drug-likeness (QED) is 0.304. The van der Waals surface area contributed by atoms with E-state index < -0.39 is 16.7 Å². The zero-order valence-electron chi connectivity index (χ0n) is 15.8. The van der Waals surface area contributed by atoms with Crippen molar-refractivity contribution in [2.24, 2.45) is 5.10 Å². The van der Waals surface area contributed by atoms with Gasteiger partial charge in [0.05, 0.1) is 11.1 Å². The summed E-state index contributed by atoms with van der Waals surface area (Å²) in [7, 11) is 0. The van der Waals surface area contributed by atoms with Gasteiger partial charge in [-0.15, -0.1) is 0 Å². The maximum absolute atomic E-state index is 12.3. The lowest BCUT2D eigenvalue weighted by Crippen LogP contribution is -2.18. The number of halogens is 1. The Balaban J connectivity index is 1.65. The molecule has 3 N–H and O–H groups in total. The fourth-order valence-corrected chi connectivity index (χ4v) is 2.71. The Labute approximate surface area is 181 Å². The number of carbonyl (C=O) groups is 2. The highest BCUT2D eigenvalue weighted by molar-refractivity contribution is 6.30. The molecule has 0 radical (unpaired) electrons. The second kappa shape index (κ2) is 9.51. The van der Waals surface area contributed by atoms with Crippen molar-refractivity contribution in [3.8, 4) is 5.75 Å². The molecule has 3 aromatic carbocycles. The Morgan fingerprint density at radius 1 is 1.00 bits per heavy atom. The number of nitrogens with zero attached hydrogens (tertiary/aromatic N) is 2. The van der Waals surface area contributed by atoms with Gasteiger partial charge < -0.3 is 10.4 Å². The van der Waals surface area contributed by atoms with E-state index in [1.165, 1.54) is 60.8 Å². The van der Waals surface area contributed by atoms with Crippen molar-refractivity contribution < 1.29 is 19.6 Å². The minimum absolute atomic E-state index is 0.0432. The molecule has 0 spiro atoms. The monoisotopic (exact) mass is 438 g/mol. The van der Waals surface area contributed by atoms with E-state index in [1.54, 1.807) is 12.1 Å². The molecule has 2 amide bonds. The Hall–Kier alpha value is -4.24. The average molecular weight is 439 g/mol. The average Bonchev–Trinajstić information content (AvgIpc) is 2.76. The van der Waals surface area contributed by atoms with Gasteiger partial charge in [-0.3, -0.25) is 19.7 Å². The first-order valence-corrected chi connectivity index (χ1v) is 9.19. The Morgan fingerprint density at radius 3 is 2.45 bits per heavy atom. The van der Waals surface area contributed by atoms with Crippen LogP contribution in [0.5, 0.6) is 5.75 Å². The van der Waals surface area contributed by atoms with Gasteiger partial charge >= 0.3 is 0 Å². The van der Waals surface area contributed by atoms with Gasteiger partial charge in [0.25, 0.3) is 17.5 Å². The summed E-state index contributed by atoms with van der Waals surface area (Å²) < 4.78 is 0. The third-order valence-electron chi connectivity index (χ3n) is 4.08. The molecule has 3 rings (SSSR count). The minimum Gasteiger partial charge on any atom is -0.507 e. The lowest BCUT2D eigenvalue weighted by Gasteiger charge is -2.07. The van der Waals surface area contributed by atoms with Crippen LogP contribution in [0, 0.1) is 10.1 Å². The molecule has 156 valence electrons. The molecular weight excluding hydrogens is 424 g/mol. The molecule has 0 saturated heterocycles. The molecule has 0 fully saturated rings. The first kappa shape index (κ1) is 21.5. The zero-order chi connectivity index (χ0) is 22.4. The van der Waals surface area contributed by atoms with Gasteiger partial charge in [0, 0.05) is 39.5 Å². The van der Waals surface area contributed by atoms with Crippen LogP contribution in [0.2, 0.25) is 5.02 Å². The molecule has 0 unspecified atom stereocenters. The van der Waals surface area contributed by atoms with Crippen LogP contribution in [0.1, 0.15) is 26.3 Å². The lowest BCUT2D eigenvalue weighted by molar-refractivity contribution is -0.384. The number of phenolic OH excluding ortho intramolecular Hbond substituents is 1. The number of anilines is 1. The Morgan fingerprint density at radius 2 is 1.74 bits per heavy atom. The van der Waals surface area contributed by atoms with Crippen molar-refractivity contribution in [2.75, 3.05) is 5.32 Å². The van der Waals surface area contributed by atoms with Gasteiger partial charge in [-0.25, -0.2) is 5.43 Å². The van der Waals surface area contributed by atoms with Gasteiger partial charge in [-0.05, 0) is 48.5 Å². The van der Waals surface area contributed by atoms with Gasteiger partial charge in [0.15, 0.2) is 0 Å². The highest BCUT2D eigenvalue weighted by Gasteiger charge is 2.11. The summed E-state index contributed by atoms with van der Waals surface area (Å²) in [5.74, 6) is -1.07. The number of nitro benzene ring substituents is 1. The second-order valence-electron chi connectivity index (χ2n) is 6.24. The van der Waals surface area contributed by atoms with Crippen molar-refractivity contribution in [3.05, 3.63) is 98.6 Å². The number of amides is 2. The fraction of sp³-hybridized carbons (Fsp3) is 0. The number of nitrogens with one attached hydrogen (secondary N) is 2. The lowest BCUT2D eigenvalue weighted by atomic mass is 10.1. The van der Waals surface area contributed by atoms with E-state index in [1.807, 2.05) is 0 Å². The summed E-state index contributed by atoms with van der Waals surface area (Å²) in [5.41, 5.74) is 3.34. The molecule has 0 aliphatic rings. The zero-order valence-corrected chi connectivity index (χ0v) is 16.5. The highest BCUT2D eigenvalue weighted by Crippen LogP contribution is 2.19. The molecule has 0 atom stereocenters. The van der Waals surface area contributed by atoms with Gasteiger partial charge in [-0.1, -0.05) is 17.7 Å². The standard InChI is InChI=1S/C21H15ClN4O5/c22-16-6-9-19(27)15(10-16)12-23-25-21(29)14-2-1-3-17(11-14)24-20(28)13-4-7-18(8-5-13)26(30)31/h1-12,27H,(H,24,28)(H,25,29)/b23-12-. The van der Waals surface area contributed by atoms with E-state index in [-0.39, 0.29) is 22.6 Å². The summed E-state index contributed by atoms with van der Waals surface area (Å²) in [4.78, 5) is 34.8. The summed E-state index contributed by atoms with van der Waals surface area (Å²) in [6, 6.07) is 15.7. The highest BCUT2D eigenvalue weighted by atomic mass is 35.5. The molecule has 0 aliphatic carbocycles. The topological polar surface area (TPSA) is 134 Å². The molecule has 31 heavy (non-hydrogen) atoms. The van der Waals surface area contributed by atoms with Crippen LogP contribution in [0.25, 0.3) is 0 Å². The van der Waals surface area contributed by atoms with Crippen molar-refractivity contribution in [2.45, 2.75) is 0 Å². The summed E-state index contributed by atoms with van der Waals surface area (Å²) in [6.45, 7) is 0. The van der Waals surface area contributed by atoms with Crippen molar-refractivity contribution in [1.29, 1.82) is 0 Å². The third kappa shape index (κ3) is 5.64. The van der Waals surface area contributed by atoms with Crippen molar-refractivity contribution >= 4 is 41.0 Å². The number of nitro groups is 1. The van der Waals surface area contributed by atoms with Crippen LogP contribution in [0.15, 0.2) is 71.8 Å². The smallest absolute Gasteiger partial charge is 0.271 e. The maximum atomic E-state index is 12.3. The number of phenols is 1. The Bertz CT molecular complexity index is 1180. The fourth-order valence-electron chi connectivity index (χ4n) is 2.53. The molecule has 0 saturated carbocycles. The maximum Gasteiger partial charge on any atom is 0.271 e. The molecule has 0 aromatic heterocycles. The van der Waals surface area contributed by atoms with E-state index in [2.05, 4.69) is 15.8 Å². The van der Waals surface area contributed by atoms with E-state index in [4.69, 9.17) is 11.6 Å². The molecule has 3 aromatic rings. The number of carbonyl (C=O) groups excluding carboxylic acids is 2. The SMILES string of the molecule is O=C(N/N=C\c1cc(Cl)ccc1O)c1cccc(NC(=O)c2ccc([N+](=O)[O-])cc2)c1. The van der Waals surface area contributed by atoms with E-state index >= 15 is 0 Å². The molecule has 0 bridgehead atoms. The number of aromatic hydroxyl groups is 1. The number of hydrogen-bond donors (Lipinski definition) is 3. The van der Waals surface area contributed by atoms with Gasteiger partial charge in [0.2, 0.25) is 0 Å². The van der Waals surface area contributed by atoms with Gasteiger partial charge in [0.1, 0.15) is 5.75 Å². The minimum atomic E-state index is -0.556. The van der Waals surface area contributed by atoms with Crippen molar-refractivity contribution in [1.82, 2.24) is 5.43 Å².